The number of aromatic nitrogens is 3. The van der Waals surface area contributed by atoms with Crippen molar-refractivity contribution in [3.05, 3.63) is 63.7 Å². The smallest absolute Gasteiger partial charge is 0.273 e. The Bertz CT molecular complexity index is 1090. The van der Waals surface area contributed by atoms with Gasteiger partial charge in [-0.25, -0.2) is 4.98 Å². The highest BCUT2D eigenvalue weighted by atomic mass is 16.6. The SMILES string of the molecule is Cc1nc(-c2ccc(N3CCN(C(=O)c4cccc([N+](=O)[O-])c4C)CC3)nc2)no1. The lowest BCUT2D eigenvalue weighted by atomic mass is 10.1. The molecule has 3 aromatic rings. The van der Waals surface area contributed by atoms with Crippen LogP contribution in [0.2, 0.25) is 0 Å². The Balaban J connectivity index is 1.42. The Labute approximate surface area is 172 Å². The minimum Gasteiger partial charge on any atom is -0.353 e. The van der Waals surface area contributed by atoms with Gasteiger partial charge in [-0.05, 0) is 25.1 Å². The molecule has 1 aromatic carbocycles. The highest BCUT2D eigenvalue weighted by Gasteiger charge is 2.26. The van der Waals surface area contributed by atoms with Crippen LogP contribution in [0.15, 0.2) is 41.1 Å². The fourth-order valence-corrected chi connectivity index (χ4v) is 3.48. The van der Waals surface area contributed by atoms with Crippen LogP contribution in [0.5, 0.6) is 0 Å². The number of pyridine rings is 1. The first-order valence-electron chi connectivity index (χ1n) is 9.49. The molecule has 0 bridgehead atoms. The molecule has 0 aliphatic carbocycles. The van der Waals surface area contributed by atoms with Crippen LogP contribution in [0.3, 0.4) is 0 Å². The minimum absolute atomic E-state index is 0.0411. The molecule has 1 saturated heterocycles. The van der Waals surface area contributed by atoms with Gasteiger partial charge in [0, 0.05) is 62.1 Å². The van der Waals surface area contributed by atoms with Crippen molar-refractivity contribution in [2.24, 2.45) is 0 Å². The van der Waals surface area contributed by atoms with Crippen molar-refractivity contribution in [3.8, 4) is 11.4 Å². The minimum atomic E-state index is -0.463. The molecule has 1 amide bonds. The monoisotopic (exact) mass is 408 g/mol. The van der Waals surface area contributed by atoms with Crippen LogP contribution < -0.4 is 4.90 Å². The van der Waals surface area contributed by atoms with Gasteiger partial charge >= 0.3 is 0 Å². The summed E-state index contributed by atoms with van der Waals surface area (Å²) in [5, 5.41) is 15.0. The van der Waals surface area contributed by atoms with Crippen molar-refractivity contribution >= 4 is 17.4 Å². The number of anilines is 1. The van der Waals surface area contributed by atoms with Crippen LogP contribution in [-0.4, -0.2) is 57.0 Å². The van der Waals surface area contributed by atoms with Crippen LogP contribution in [-0.2, 0) is 0 Å². The molecule has 0 N–H and O–H groups in total. The van der Waals surface area contributed by atoms with Crippen LogP contribution in [0.4, 0.5) is 11.5 Å². The number of hydrogen-bond donors (Lipinski definition) is 0. The van der Waals surface area contributed by atoms with E-state index in [1.165, 1.54) is 6.07 Å². The second-order valence-corrected chi connectivity index (χ2v) is 7.03. The first kappa shape index (κ1) is 19.5. The molecule has 1 aliphatic heterocycles. The van der Waals surface area contributed by atoms with E-state index in [-0.39, 0.29) is 11.6 Å². The van der Waals surface area contributed by atoms with Crippen molar-refractivity contribution in [3.63, 3.8) is 0 Å². The average Bonchev–Trinajstić information content (AvgIpc) is 3.20. The molecule has 30 heavy (non-hydrogen) atoms. The first-order chi connectivity index (χ1) is 14.4. The zero-order valence-electron chi connectivity index (χ0n) is 16.6. The van der Waals surface area contributed by atoms with Crippen LogP contribution in [0.25, 0.3) is 11.4 Å². The molecular formula is C20H20N6O4. The summed E-state index contributed by atoms with van der Waals surface area (Å²) >= 11 is 0. The van der Waals surface area contributed by atoms with Crippen molar-refractivity contribution in [1.29, 1.82) is 0 Å². The molecule has 4 rings (SSSR count). The van der Waals surface area contributed by atoms with Gasteiger partial charge in [-0.2, -0.15) is 4.98 Å². The number of nitro benzene ring substituents is 1. The molecule has 1 fully saturated rings. The number of piperazine rings is 1. The van der Waals surface area contributed by atoms with Gasteiger partial charge in [0.2, 0.25) is 11.7 Å². The zero-order valence-corrected chi connectivity index (χ0v) is 16.6. The van der Waals surface area contributed by atoms with Gasteiger partial charge in [0.05, 0.1) is 4.92 Å². The number of rotatable bonds is 4. The average molecular weight is 408 g/mol. The summed E-state index contributed by atoms with van der Waals surface area (Å²) in [5.74, 6) is 1.60. The van der Waals surface area contributed by atoms with E-state index in [1.54, 1.807) is 37.1 Å². The van der Waals surface area contributed by atoms with Crippen LogP contribution in [0, 0.1) is 24.0 Å². The number of nitrogens with zero attached hydrogens (tertiary/aromatic N) is 6. The molecule has 10 nitrogen and oxygen atoms in total. The Morgan fingerprint density at radius 3 is 2.50 bits per heavy atom. The van der Waals surface area contributed by atoms with Gasteiger partial charge in [-0.3, -0.25) is 14.9 Å². The summed E-state index contributed by atoms with van der Waals surface area (Å²) in [5.41, 5.74) is 1.49. The van der Waals surface area contributed by atoms with Crippen LogP contribution in [0.1, 0.15) is 21.8 Å². The Hall–Kier alpha value is -3.82. The van der Waals surface area contributed by atoms with E-state index in [0.717, 1.165) is 11.4 Å². The topological polar surface area (TPSA) is 118 Å². The second-order valence-electron chi connectivity index (χ2n) is 7.03. The van der Waals surface area contributed by atoms with Gasteiger partial charge < -0.3 is 14.3 Å². The number of aryl methyl sites for hydroxylation is 1. The zero-order chi connectivity index (χ0) is 21.3. The first-order valence-corrected chi connectivity index (χ1v) is 9.49. The fourth-order valence-electron chi connectivity index (χ4n) is 3.48. The van der Waals surface area contributed by atoms with E-state index < -0.39 is 4.92 Å². The number of carbonyl (C=O) groups is 1. The lowest BCUT2D eigenvalue weighted by molar-refractivity contribution is -0.385. The van der Waals surface area contributed by atoms with Gasteiger partial charge in [-0.1, -0.05) is 11.2 Å². The molecule has 0 unspecified atom stereocenters. The summed E-state index contributed by atoms with van der Waals surface area (Å²) in [6.45, 7) is 5.59. The third-order valence-electron chi connectivity index (χ3n) is 5.16. The molecular weight excluding hydrogens is 388 g/mol. The molecule has 0 spiro atoms. The summed E-state index contributed by atoms with van der Waals surface area (Å²) in [6.07, 6.45) is 1.70. The number of nitro groups is 1. The Kier molecular flexibility index (Phi) is 5.13. The van der Waals surface area contributed by atoms with E-state index in [1.807, 2.05) is 12.1 Å². The standard InChI is InChI=1S/C20H20N6O4/c1-13-16(4-3-5-17(13)26(28)29)20(27)25-10-8-24(9-11-25)18-7-6-15(12-21-18)19-22-14(2)30-23-19/h3-7,12H,8-11H2,1-2H3. The van der Waals surface area contributed by atoms with Crippen molar-refractivity contribution in [1.82, 2.24) is 20.0 Å². The molecule has 1 aliphatic rings. The Morgan fingerprint density at radius 1 is 1.13 bits per heavy atom. The summed E-state index contributed by atoms with van der Waals surface area (Å²) in [7, 11) is 0. The van der Waals surface area contributed by atoms with Crippen molar-refractivity contribution in [2.75, 3.05) is 31.1 Å². The van der Waals surface area contributed by atoms with E-state index in [9.17, 15) is 14.9 Å². The number of benzene rings is 1. The summed E-state index contributed by atoms with van der Waals surface area (Å²) in [6, 6.07) is 8.37. The molecule has 0 saturated carbocycles. The Morgan fingerprint density at radius 2 is 1.90 bits per heavy atom. The molecule has 0 atom stereocenters. The normalized spacial score (nSPS) is 14.1. The lowest BCUT2D eigenvalue weighted by Gasteiger charge is -2.35. The number of carbonyl (C=O) groups excluding carboxylic acids is 1. The maximum atomic E-state index is 12.9. The second kappa shape index (κ2) is 7.90. The van der Waals surface area contributed by atoms with Crippen molar-refractivity contribution < 1.29 is 14.2 Å². The summed E-state index contributed by atoms with van der Waals surface area (Å²) in [4.78, 5) is 36.1. The van der Waals surface area contributed by atoms with E-state index in [4.69, 9.17) is 4.52 Å². The largest absolute Gasteiger partial charge is 0.353 e. The molecule has 2 aromatic heterocycles. The lowest BCUT2D eigenvalue weighted by Crippen LogP contribution is -2.49. The van der Waals surface area contributed by atoms with Gasteiger partial charge in [-0.15, -0.1) is 0 Å². The highest BCUT2D eigenvalue weighted by Crippen LogP contribution is 2.24. The summed E-state index contributed by atoms with van der Waals surface area (Å²) < 4.78 is 4.99. The molecule has 0 radical (unpaired) electrons. The van der Waals surface area contributed by atoms with Crippen molar-refractivity contribution in [2.45, 2.75) is 13.8 Å². The maximum absolute atomic E-state index is 12.9. The predicted octanol–water partition coefficient (Wildman–Crippen LogP) is 2.62. The predicted molar refractivity (Wildman–Crippen MR) is 108 cm³/mol. The number of amides is 1. The maximum Gasteiger partial charge on any atom is 0.273 e. The third-order valence-corrected chi connectivity index (χ3v) is 5.16. The van der Waals surface area contributed by atoms with Gasteiger partial charge in [0.15, 0.2) is 0 Å². The fraction of sp³-hybridized carbons (Fsp3) is 0.300. The van der Waals surface area contributed by atoms with Gasteiger partial charge in [0.25, 0.3) is 11.6 Å². The third kappa shape index (κ3) is 3.71. The quantitative estimate of drug-likeness (QED) is 0.477. The highest BCUT2D eigenvalue weighted by molar-refractivity contribution is 5.96. The van der Waals surface area contributed by atoms with E-state index >= 15 is 0 Å². The molecule has 3 heterocycles. The van der Waals surface area contributed by atoms with E-state index in [2.05, 4.69) is 20.0 Å². The van der Waals surface area contributed by atoms with Crippen LogP contribution >= 0.6 is 0 Å². The van der Waals surface area contributed by atoms with Gasteiger partial charge in [0.1, 0.15) is 5.82 Å². The molecule has 10 heteroatoms. The van der Waals surface area contributed by atoms with E-state index in [0.29, 0.717) is 49.0 Å². The molecule has 154 valence electrons. The number of hydrogen-bond acceptors (Lipinski definition) is 8.